The first kappa shape index (κ1) is 8.79. The van der Waals surface area contributed by atoms with Crippen LogP contribution in [0.15, 0.2) is 18.3 Å². The van der Waals surface area contributed by atoms with Crippen LogP contribution < -0.4 is 11.3 Å². The maximum absolute atomic E-state index is 12.1. The van der Waals surface area contributed by atoms with Gasteiger partial charge in [0.2, 0.25) is 0 Å². The van der Waals surface area contributed by atoms with Crippen LogP contribution in [-0.4, -0.2) is 4.98 Å². The van der Waals surface area contributed by atoms with Gasteiger partial charge in [0.1, 0.15) is 0 Å². The molecule has 0 unspecified atom stereocenters. The number of aromatic nitrogens is 1. The van der Waals surface area contributed by atoms with Crippen molar-refractivity contribution in [3.05, 3.63) is 23.9 Å². The molecule has 12 heavy (non-hydrogen) atoms. The molecule has 0 radical (unpaired) electrons. The van der Waals surface area contributed by atoms with E-state index in [0.717, 1.165) is 6.07 Å². The summed E-state index contributed by atoms with van der Waals surface area (Å²) in [5.41, 5.74) is 1.00. The van der Waals surface area contributed by atoms with Crippen LogP contribution in [0.2, 0.25) is 0 Å². The third-order valence-electron chi connectivity index (χ3n) is 1.25. The van der Waals surface area contributed by atoms with Gasteiger partial charge in [0.05, 0.1) is 5.56 Å². The Kier molecular flexibility index (Phi) is 2.18. The Bertz CT molecular complexity index is 271. The number of pyridine rings is 1. The first-order valence-corrected chi connectivity index (χ1v) is 3.04. The number of rotatable bonds is 1. The minimum atomic E-state index is -4.42. The van der Waals surface area contributed by atoms with Crippen molar-refractivity contribution in [2.45, 2.75) is 6.18 Å². The first-order chi connectivity index (χ1) is 5.55. The quantitative estimate of drug-likeness (QED) is 0.503. The van der Waals surface area contributed by atoms with Crippen molar-refractivity contribution >= 4 is 5.82 Å². The Morgan fingerprint density at radius 2 is 2.08 bits per heavy atom. The van der Waals surface area contributed by atoms with Gasteiger partial charge in [0.15, 0.2) is 5.82 Å². The largest absolute Gasteiger partial charge is 0.419 e. The van der Waals surface area contributed by atoms with Crippen LogP contribution in [0.4, 0.5) is 19.0 Å². The molecule has 0 aromatic carbocycles. The predicted molar refractivity (Wildman–Crippen MR) is 37.0 cm³/mol. The fourth-order valence-corrected chi connectivity index (χ4v) is 0.749. The van der Waals surface area contributed by atoms with E-state index in [-0.39, 0.29) is 5.82 Å². The summed E-state index contributed by atoms with van der Waals surface area (Å²) >= 11 is 0. The van der Waals surface area contributed by atoms with Crippen molar-refractivity contribution in [1.82, 2.24) is 4.98 Å². The molecule has 0 saturated carbocycles. The van der Waals surface area contributed by atoms with Crippen molar-refractivity contribution < 1.29 is 13.2 Å². The van der Waals surface area contributed by atoms with Crippen LogP contribution in [0.1, 0.15) is 5.56 Å². The summed E-state index contributed by atoms with van der Waals surface area (Å²) in [6.07, 6.45) is -3.19. The smallest absolute Gasteiger partial charge is 0.308 e. The van der Waals surface area contributed by atoms with E-state index in [1.807, 2.05) is 5.43 Å². The molecule has 0 spiro atoms. The number of nitrogens with one attached hydrogen (secondary N) is 1. The van der Waals surface area contributed by atoms with Crippen LogP contribution in [0, 0.1) is 0 Å². The number of nitrogen functional groups attached to an aromatic ring is 1. The summed E-state index contributed by atoms with van der Waals surface area (Å²) < 4.78 is 36.3. The van der Waals surface area contributed by atoms with Crippen LogP contribution in [0.5, 0.6) is 0 Å². The number of nitrogens with zero attached hydrogens (tertiary/aromatic N) is 1. The summed E-state index contributed by atoms with van der Waals surface area (Å²) in [6.45, 7) is 0. The van der Waals surface area contributed by atoms with E-state index in [9.17, 15) is 13.2 Å². The van der Waals surface area contributed by atoms with Gasteiger partial charge in [-0.05, 0) is 12.1 Å². The second-order valence-electron chi connectivity index (χ2n) is 2.04. The zero-order chi connectivity index (χ0) is 9.19. The van der Waals surface area contributed by atoms with Gasteiger partial charge in [-0.3, -0.25) is 0 Å². The standard InChI is InChI=1S/C6H6F3N3/c7-6(8,9)4-2-1-3-11-5(4)12-10/h1-3H,10H2,(H,11,12). The molecule has 0 atom stereocenters. The molecule has 0 bridgehead atoms. The number of hydrogen-bond donors (Lipinski definition) is 2. The minimum Gasteiger partial charge on any atom is -0.308 e. The Hall–Kier alpha value is -1.30. The third kappa shape index (κ3) is 1.65. The van der Waals surface area contributed by atoms with Crippen LogP contribution in [0.25, 0.3) is 0 Å². The van der Waals surface area contributed by atoms with E-state index in [0.29, 0.717) is 0 Å². The molecule has 66 valence electrons. The highest BCUT2D eigenvalue weighted by molar-refractivity contribution is 5.44. The lowest BCUT2D eigenvalue weighted by molar-refractivity contribution is -0.137. The maximum atomic E-state index is 12.1. The molecule has 3 nitrogen and oxygen atoms in total. The zero-order valence-electron chi connectivity index (χ0n) is 5.89. The molecule has 6 heteroatoms. The number of hydrazine groups is 1. The fraction of sp³-hybridized carbons (Fsp3) is 0.167. The van der Waals surface area contributed by atoms with Crippen molar-refractivity contribution in [1.29, 1.82) is 0 Å². The summed E-state index contributed by atoms with van der Waals surface area (Å²) in [6, 6.07) is 2.10. The Balaban J connectivity index is 3.14. The molecule has 1 heterocycles. The number of halogens is 3. The summed E-state index contributed by atoms with van der Waals surface area (Å²) in [5.74, 6) is 4.46. The number of nitrogens with two attached hydrogens (primary N) is 1. The second kappa shape index (κ2) is 2.98. The number of anilines is 1. The average molecular weight is 177 g/mol. The van der Waals surface area contributed by atoms with E-state index in [4.69, 9.17) is 5.84 Å². The van der Waals surface area contributed by atoms with E-state index < -0.39 is 11.7 Å². The molecule has 1 aromatic heterocycles. The van der Waals surface area contributed by atoms with Crippen molar-refractivity contribution in [3.8, 4) is 0 Å². The predicted octanol–water partition coefficient (Wildman–Crippen LogP) is 1.39. The molecule has 0 saturated heterocycles. The highest BCUT2D eigenvalue weighted by Gasteiger charge is 2.33. The maximum Gasteiger partial charge on any atom is 0.419 e. The van der Waals surface area contributed by atoms with Gasteiger partial charge in [-0.1, -0.05) is 0 Å². The summed E-state index contributed by atoms with van der Waals surface area (Å²) in [7, 11) is 0. The molecule has 3 N–H and O–H groups in total. The Morgan fingerprint density at radius 3 is 2.50 bits per heavy atom. The van der Waals surface area contributed by atoms with Gasteiger partial charge < -0.3 is 5.43 Å². The van der Waals surface area contributed by atoms with Crippen molar-refractivity contribution in [2.75, 3.05) is 5.43 Å². The lowest BCUT2D eigenvalue weighted by atomic mass is 10.2. The van der Waals surface area contributed by atoms with Gasteiger partial charge in [0.25, 0.3) is 0 Å². The molecule has 1 rings (SSSR count). The number of alkyl halides is 3. The van der Waals surface area contributed by atoms with E-state index >= 15 is 0 Å². The van der Waals surface area contributed by atoms with Gasteiger partial charge in [-0.15, -0.1) is 0 Å². The molecule has 0 aliphatic heterocycles. The Labute approximate surface area is 66.4 Å². The molecule has 0 fully saturated rings. The third-order valence-corrected chi connectivity index (χ3v) is 1.25. The van der Waals surface area contributed by atoms with Crippen molar-refractivity contribution in [2.24, 2.45) is 5.84 Å². The highest BCUT2D eigenvalue weighted by atomic mass is 19.4. The fourth-order valence-electron chi connectivity index (χ4n) is 0.749. The summed E-state index contributed by atoms with van der Waals surface area (Å²) in [4.78, 5) is 3.41. The molecular formula is C6H6F3N3. The zero-order valence-corrected chi connectivity index (χ0v) is 5.89. The molecule has 0 amide bonds. The summed E-state index contributed by atoms with van der Waals surface area (Å²) in [5, 5.41) is 0. The molecule has 1 aromatic rings. The van der Waals surface area contributed by atoms with Gasteiger partial charge in [-0.25, -0.2) is 10.8 Å². The molecular weight excluding hydrogens is 171 g/mol. The van der Waals surface area contributed by atoms with Crippen LogP contribution >= 0.6 is 0 Å². The van der Waals surface area contributed by atoms with E-state index in [1.54, 1.807) is 0 Å². The minimum absolute atomic E-state index is 0.370. The van der Waals surface area contributed by atoms with Gasteiger partial charge >= 0.3 is 6.18 Å². The number of hydrogen-bond acceptors (Lipinski definition) is 3. The van der Waals surface area contributed by atoms with Gasteiger partial charge in [-0.2, -0.15) is 13.2 Å². The van der Waals surface area contributed by atoms with Gasteiger partial charge in [0, 0.05) is 6.20 Å². The topological polar surface area (TPSA) is 50.9 Å². The van der Waals surface area contributed by atoms with Crippen molar-refractivity contribution in [3.63, 3.8) is 0 Å². The lowest BCUT2D eigenvalue weighted by Gasteiger charge is -2.09. The van der Waals surface area contributed by atoms with E-state index in [1.165, 1.54) is 12.3 Å². The highest BCUT2D eigenvalue weighted by Crippen LogP contribution is 2.32. The van der Waals surface area contributed by atoms with E-state index in [2.05, 4.69) is 4.98 Å². The van der Waals surface area contributed by atoms with Crippen LogP contribution in [-0.2, 0) is 6.18 Å². The lowest BCUT2D eigenvalue weighted by Crippen LogP contribution is -2.15. The SMILES string of the molecule is NNc1ncccc1C(F)(F)F. The monoisotopic (exact) mass is 177 g/mol. The Morgan fingerprint density at radius 1 is 1.42 bits per heavy atom. The van der Waals surface area contributed by atoms with Crippen LogP contribution in [0.3, 0.4) is 0 Å². The average Bonchev–Trinajstić information content (AvgIpc) is 2.03. The second-order valence-corrected chi connectivity index (χ2v) is 2.04. The first-order valence-electron chi connectivity index (χ1n) is 3.04. The molecule has 0 aliphatic rings. The molecule has 0 aliphatic carbocycles. The normalized spacial score (nSPS) is 11.3.